The molecule has 0 aliphatic heterocycles. The third kappa shape index (κ3) is 1.75. The molecule has 0 amide bonds. The molecule has 13 heavy (non-hydrogen) atoms. The summed E-state index contributed by atoms with van der Waals surface area (Å²) in [7, 11) is 0. The molecule has 0 aliphatic carbocycles. The number of carbonyl (C=O) groups excluding carboxylic acids is 1. The molecule has 0 heterocycles. The monoisotopic (exact) mass is 200 g/mol. The summed E-state index contributed by atoms with van der Waals surface area (Å²) in [6, 6.07) is 2.77. The van der Waals surface area contributed by atoms with Crippen molar-refractivity contribution in [1.82, 2.24) is 0 Å². The fourth-order valence-electron chi connectivity index (χ4n) is 0.970. The number of carbonyl (C=O) groups is 1. The number of rotatable bonds is 2. The highest BCUT2D eigenvalue weighted by Gasteiger charge is 2.14. The molecule has 1 aromatic carbocycles. The van der Waals surface area contributed by atoms with E-state index in [1.54, 1.807) is 6.92 Å². The maximum absolute atomic E-state index is 11.2. The first-order valence-corrected chi connectivity index (χ1v) is 4.19. The second kappa shape index (κ2) is 3.66. The minimum Gasteiger partial charge on any atom is -0.504 e. The molecular weight excluding hydrogens is 192 g/mol. The van der Waals surface area contributed by atoms with Crippen LogP contribution in [0.1, 0.15) is 23.7 Å². The highest BCUT2D eigenvalue weighted by molar-refractivity contribution is 6.32. The molecule has 0 bridgehead atoms. The third-order valence-electron chi connectivity index (χ3n) is 1.72. The zero-order valence-corrected chi connectivity index (χ0v) is 7.80. The van der Waals surface area contributed by atoms with Crippen LogP contribution in [0.4, 0.5) is 0 Å². The molecule has 0 saturated carbocycles. The number of phenolic OH excluding ortho intramolecular Hbond substituents is 2. The van der Waals surface area contributed by atoms with Gasteiger partial charge in [-0.3, -0.25) is 4.79 Å². The molecule has 1 aromatic rings. The fourth-order valence-corrected chi connectivity index (χ4v) is 1.12. The number of aromatic hydroxyl groups is 2. The maximum Gasteiger partial charge on any atom is 0.177 e. The van der Waals surface area contributed by atoms with E-state index in [4.69, 9.17) is 11.6 Å². The van der Waals surface area contributed by atoms with Gasteiger partial charge in [-0.05, 0) is 12.1 Å². The molecule has 0 aromatic heterocycles. The summed E-state index contributed by atoms with van der Waals surface area (Å²) in [4.78, 5) is 11.2. The Bertz CT molecular complexity index is 347. The SMILES string of the molecule is CCC(=O)c1ccc(Cl)c(O)c1O. The summed E-state index contributed by atoms with van der Waals surface area (Å²) in [6.07, 6.45) is 0.272. The molecule has 0 atom stereocenters. The van der Waals surface area contributed by atoms with Crippen molar-refractivity contribution < 1.29 is 15.0 Å². The summed E-state index contributed by atoms with van der Waals surface area (Å²) in [5.41, 5.74) is 0.101. The van der Waals surface area contributed by atoms with E-state index >= 15 is 0 Å². The summed E-state index contributed by atoms with van der Waals surface area (Å²) in [6.45, 7) is 1.67. The van der Waals surface area contributed by atoms with E-state index in [0.717, 1.165) is 0 Å². The van der Waals surface area contributed by atoms with Gasteiger partial charge in [0.15, 0.2) is 17.3 Å². The lowest BCUT2D eigenvalue weighted by molar-refractivity contribution is 0.0985. The lowest BCUT2D eigenvalue weighted by Crippen LogP contribution is -1.96. The maximum atomic E-state index is 11.2. The van der Waals surface area contributed by atoms with Crippen LogP contribution < -0.4 is 0 Å². The predicted octanol–water partition coefficient (Wildman–Crippen LogP) is 2.34. The molecule has 0 fully saturated rings. The largest absolute Gasteiger partial charge is 0.504 e. The van der Waals surface area contributed by atoms with Crippen LogP contribution in [0.25, 0.3) is 0 Å². The van der Waals surface area contributed by atoms with Crippen LogP contribution in [0.15, 0.2) is 12.1 Å². The average molecular weight is 201 g/mol. The minimum atomic E-state index is -0.445. The van der Waals surface area contributed by atoms with E-state index in [-0.39, 0.29) is 22.8 Å². The Morgan fingerprint density at radius 1 is 1.38 bits per heavy atom. The molecule has 4 heteroatoms. The van der Waals surface area contributed by atoms with Crippen LogP contribution in [0.3, 0.4) is 0 Å². The number of Topliss-reactive ketones (excluding diaryl/α,β-unsaturated/α-hetero) is 1. The highest BCUT2D eigenvalue weighted by atomic mass is 35.5. The van der Waals surface area contributed by atoms with Crippen LogP contribution in [0.5, 0.6) is 11.5 Å². The van der Waals surface area contributed by atoms with Gasteiger partial charge in [0.05, 0.1) is 10.6 Å². The van der Waals surface area contributed by atoms with Gasteiger partial charge in [-0.25, -0.2) is 0 Å². The molecule has 0 aliphatic rings. The van der Waals surface area contributed by atoms with Crippen molar-refractivity contribution in [2.75, 3.05) is 0 Å². The van der Waals surface area contributed by atoms with E-state index in [2.05, 4.69) is 0 Å². The van der Waals surface area contributed by atoms with Gasteiger partial charge < -0.3 is 10.2 Å². The van der Waals surface area contributed by atoms with Gasteiger partial charge in [0, 0.05) is 6.42 Å². The molecule has 0 unspecified atom stereocenters. The Kier molecular flexibility index (Phi) is 2.78. The zero-order chi connectivity index (χ0) is 10.0. The highest BCUT2D eigenvalue weighted by Crippen LogP contribution is 2.36. The predicted molar refractivity (Wildman–Crippen MR) is 49.4 cm³/mol. The molecule has 70 valence electrons. The Morgan fingerprint density at radius 2 is 2.00 bits per heavy atom. The number of benzene rings is 1. The van der Waals surface area contributed by atoms with E-state index in [1.807, 2.05) is 0 Å². The van der Waals surface area contributed by atoms with Crippen molar-refractivity contribution in [2.45, 2.75) is 13.3 Å². The number of hydrogen-bond acceptors (Lipinski definition) is 3. The first-order valence-electron chi connectivity index (χ1n) is 3.81. The molecule has 3 nitrogen and oxygen atoms in total. The van der Waals surface area contributed by atoms with Gasteiger partial charge in [0.2, 0.25) is 0 Å². The van der Waals surface area contributed by atoms with Crippen molar-refractivity contribution >= 4 is 17.4 Å². The van der Waals surface area contributed by atoms with Crippen molar-refractivity contribution in [3.63, 3.8) is 0 Å². The zero-order valence-electron chi connectivity index (χ0n) is 7.04. The molecule has 0 saturated heterocycles. The van der Waals surface area contributed by atoms with Crippen LogP contribution in [-0.4, -0.2) is 16.0 Å². The van der Waals surface area contributed by atoms with Gasteiger partial charge >= 0.3 is 0 Å². The second-order valence-corrected chi connectivity index (χ2v) is 2.98. The number of halogens is 1. The van der Waals surface area contributed by atoms with Crippen LogP contribution in [-0.2, 0) is 0 Å². The first-order chi connectivity index (χ1) is 6.07. The van der Waals surface area contributed by atoms with E-state index in [0.29, 0.717) is 0 Å². The van der Waals surface area contributed by atoms with Gasteiger partial charge in [-0.15, -0.1) is 0 Å². The summed E-state index contributed by atoms with van der Waals surface area (Å²) < 4.78 is 0. The Balaban J connectivity index is 3.26. The lowest BCUT2D eigenvalue weighted by Gasteiger charge is -2.04. The van der Waals surface area contributed by atoms with E-state index in [9.17, 15) is 15.0 Å². The van der Waals surface area contributed by atoms with Gasteiger partial charge in [-0.2, -0.15) is 0 Å². The van der Waals surface area contributed by atoms with Crippen molar-refractivity contribution in [3.8, 4) is 11.5 Å². The Hall–Kier alpha value is -1.22. The minimum absolute atomic E-state index is 0.0325. The fraction of sp³-hybridized carbons (Fsp3) is 0.222. The molecule has 0 spiro atoms. The molecule has 0 radical (unpaired) electrons. The van der Waals surface area contributed by atoms with Crippen molar-refractivity contribution in [1.29, 1.82) is 0 Å². The normalized spacial score (nSPS) is 10.0. The van der Waals surface area contributed by atoms with Crippen LogP contribution in [0, 0.1) is 0 Å². The molecule has 1 rings (SSSR count). The van der Waals surface area contributed by atoms with Gasteiger partial charge in [0.1, 0.15) is 0 Å². The van der Waals surface area contributed by atoms with E-state index < -0.39 is 11.5 Å². The third-order valence-corrected chi connectivity index (χ3v) is 2.03. The average Bonchev–Trinajstić information content (AvgIpc) is 2.13. The summed E-state index contributed by atoms with van der Waals surface area (Å²) in [5.74, 6) is -1.12. The van der Waals surface area contributed by atoms with Crippen LogP contribution >= 0.6 is 11.6 Å². The number of hydrogen-bond donors (Lipinski definition) is 2. The number of ketones is 1. The second-order valence-electron chi connectivity index (χ2n) is 2.57. The standard InChI is InChI=1S/C9H9ClO3/c1-2-7(11)5-3-4-6(10)9(13)8(5)12/h3-4,12-13H,2H2,1H3. The Labute approximate surface area is 80.6 Å². The van der Waals surface area contributed by atoms with Crippen molar-refractivity contribution in [2.24, 2.45) is 0 Å². The molecular formula is C9H9ClO3. The Morgan fingerprint density at radius 3 is 2.54 bits per heavy atom. The topological polar surface area (TPSA) is 57.5 Å². The van der Waals surface area contributed by atoms with Gasteiger partial charge in [-0.1, -0.05) is 18.5 Å². The molecule has 2 N–H and O–H groups in total. The van der Waals surface area contributed by atoms with Crippen LogP contribution in [0.2, 0.25) is 5.02 Å². The van der Waals surface area contributed by atoms with E-state index in [1.165, 1.54) is 12.1 Å². The smallest absolute Gasteiger partial charge is 0.177 e. The van der Waals surface area contributed by atoms with Crippen molar-refractivity contribution in [3.05, 3.63) is 22.7 Å². The number of phenols is 2. The summed E-state index contributed by atoms with van der Waals surface area (Å²) in [5, 5.41) is 18.6. The van der Waals surface area contributed by atoms with Gasteiger partial charge in [0.25, 0.3) is 0 Å². The lowest BCUT2D eigenvalue weighted by atomic mass is 10.1. The quantitative estimate of drug-likeness (QED) is 0.569. The summed E-state index contributed by atoms with van der Waals surface area (Å²) >= 11 is 5.51. The first kappa shape index (κ1) is 9.86.